The number of nitrogens with zero attached hydrogens (tertiary/aromatic N) is 5. The molecule has 1 aliphatic heterocycles. The van der Waals surface area contributed by atoms with Crippen molar-refractivity contribution < 1.29 is 9.21 Å². The van der Waals surface area contributed by atoms with E-state index in [4.69, 9.17) is 4.42 Å². The van der Waals surface area contributed by atoms with Crippen LogP contribution in [0.2, 0.25) is 0 Å². The number of piperazine rings is 1. The van der Waals surface area contributed by atoms with E-state index in [1.54, 1.807) is 24.3 Å². The molecule has 1 amide bonds. The molecule has 0 aliphatic carbocycles. The third-order valence-electron chi connectivity index (χ3n) is 5.36. The quantitative estimate of drug-likeness (QED) is 0.603. The van der Waals surface area contributed by atoms with Gasteiger partial charge in [-0.25, -0.2) is 9.97 Å². The number of imidazole rings is 1. The fourth-order valence-corrected chi connectivity index (χ4v) is 3.58. The Morgan fingerprint density at radius 1 is 1.19 bits per heavy atom. The van der Waals surface area contributed by atoms with Crippen molar-refractivity contribution in [2.45, 2.75) is 13.1 Å². The van der Waals surface area contributed by atoms with Crippen molar-refractivity contribution in [2.24, 2.45) is 0 Å². The van der Waals surface area contributed by atoms with Gasteiger partial charge in [-0.05, 0) is 5.56 Å². The number of H-pyrrole nitrogens is 1. The first-order valence-electron chi connectivity index (χ1n) is 10.5. The van der Waals surface area contributed by atoms with E-state index in [1.165, 1.54) is 11.8 Å². The number of oxazole rings is 1. The monoisotopic (exact) mass is 420 g/mol. The van der Waals surface area contributed by atoms with E-state index in [0.717, 1.165) is 38.5 Å². The first-order chi connectivity index (χ1) is 15.2. The number of benzene rings is 1. The van der Waals surface area contributed by atoms with Gasteiger partial charge >= 0.3 is 0 Å². The Morgan fingerprint density at radius 2 is 1.97 bits per heavy atom. The summed E-state index contributed by atoms with van der Waals surface area (Å²) in [5, 5.41) is 0. The molecule has 3 heterocycles. The summed E-state index contributed by atoms with van der Waals surface area (Å²) < 4.78 is 5.57. The summed E-state index contributed by atoms with van der Waals surface area (Å²) in [6, 6.07) is 10.4. The highest BCUT2D eigenvalue weighted by atomic mass is 16.3. The Balaban J connectivity index is 1.21. The molecule has 1 saturated heterocycles. The molecule has 1 fully saturated rings. The van der Waals surface area contributed by atoms with Crippen LogP contribution in [0.25, 0.3) is 6.08 Å². The Morgan fingerprint density at radius 3 is 2.71 bits per heavy atom. The van der Waals surface area contributed by atoms with Gasteiger partial charge in [-0.15, -0.1) is 0 Å². The number of carbonyl (C=O) groups is 1. The Hall–Kier alpha value is -3.23. The van der Waals surface area contributed by atoms with Crippen LogP contribution in [0.5, 0.6) is 0 Å². The Bertz CT molecular complexity index is 975. The van der Waals surface area contributed by atoms with Crippen molar-refractivity contribution in [1.82, 2.24) is 29.7 Å². The van der Waals surface area contributed by atoms with E-state index in [2.05, 4.69) is 61.2 Å². The first kappa shape index (κ1) is 21.0. The van der Waals surface area contributed by atoms with Gasteiger partial charge < -0.3 is 14.3 Å². The largest absolute Gasteiger partial charge is 0.447 e. The molecule has 0 spiro atoms. The standard InChI is InChI=1S/C23H28N6O2/c1-27(16-21-24-9-10-25-21)23(30)20-18-31-22(26-20)17-29-14-12-28(13-15-29)11-5-8-19-6-3-2-4-7-19/h2-10,18H,11-17H2,1H3,(H,24,25)/b8-5+. The lowest BCUT2D eigenvalue weighted by atomic mass is 10.2. The number of hydrogen-bond donors (Lipinski definition) is 1. The van der Waals surface area contributed by atoms with Crippen molar-refractivity contribution in [3.05, 3.63) is 78.0 Å². The molecule has 162 valence electrons. The SMILES string of the molecule is CN(Cc1ncc[nH]1)C(=O)c1coc(CN2CCN(C/C=C/c3ccccc3)CC2)n1. The van der Waals surface area contributed by atoms with Crippen molar-refractivity contribution in [1.29, 1.82) is 0 Å². The van der Waals surface area contributed by atoms with Crippen LogP contribution in [0.3, 0.4) is 0 Å². The predicted molar refractivity (Wildman–Crippen MR) is 118 cm³/mol. The summed E-state index contributed by atoms with van der Waals surface area (Å²) in [5.41, 5.74) is 1.55. The molecular weight excluding hydrogens is 392 g/mol. The summed E-state index contributed by atoms with van der Waals surface area (Å²) in [7, 11) is 1.73. The molecule has 1 aromatic carbocycles. The fraction of sp³-hybridized carbons (Fsp3) is 0.348. The van der Waals surface area contributed by atoms with Crippen molar-refractivity contribution >= 4 is 12.0 Å². The Kier molecular flexibility index (Phi) is 6.91. The van der Waals surface area contributed by atoms with E-state index in [-0.39, 0.29) is 5.91 Å². The lowest BCUT2D eigenvalue weighted by Gasteiger charge is -2.33. The third kappa shape index (κ3) is 5.90. The van der Waals surface area contributed by atoms with E-state index >= 15 is 0 Å². The zero-order valence-corrected chi connectivity index (χ0v) is 17.8. The highest BCUT2D eigenvalue weighted by molar-refractivity contribution is 5.91. The van der Waals surface area contributed by atoms with Gasteiger partial charge in [-0.2, -0.15) is 0 Å². The van der Waals surface area contributed by atoms with E-state index < -0.39 is 0 Å². The summed E-state index contributed by atoms with van der Waals surface area (Å²) in [6.45, 7) is 5.85. The fourth-order valence-electron chi connectivity index (χ4n) is 3.58. The molecule has 31 heavy (non-hydrogen) atoms. The van der Waals surface area contributed by atoms with Crippen LogP contribution in [0.1, 0.15) is 27.8 Å². The van der Waals surface area contributed by atoms with Gasteiger partial charge in [0.15, 0.2) is 5.69 Å². The van der Waals surface area contributed by atoms with Crippen LogP contribution in [0.4, 0.5) is 0 Å². The first-order valence-corrected chi connectivity index (χ1v) is 10.5. The van der Waals surface area contributed by atoms with Gasteiger partial charge in [-0.1, -0.05) is 42.5 Å². The molecule has 0 unspecified atom stereocenters. The molecule has 8 nitrogen and oxygen atoms in total. The van der Waals surface area contributed by atoms with Crippen LogP contribution in [-0.2, 0) is 13.1 Å². The van der Waals surface area contributed by atoms with Crippen molar-refractivity contribution in [2.75, 3.05) is 39.8 Å². The zero-order chi connectivity index (χ0) is 21.5. The maximum Gasteiger partial charge on any atom is 0.275 e. The number of hydrogen-bond acceptors (Lipinski definition) is 6. The summed E-state index contributed by atoms with van der Waals surface area (Å²) in [5.74, 6) is 1.13. The highest BCUT2D eigenvalue weighted by Gasteiger charge is 2.21. The van der Waals surface area contributed by atoms with E-state index in [9.17, 15) is 4.79 Å². The molecule has 1 N–H and O–H groups in total. The molecule has 0 bridgehead atoms. The molecule has 0 radical (unpaired) electrons. The number of amides is 1. The van der Waals surface area contributed by atoms with Crippen LogP contribution in [-0.4, -0.2) is 75.3 Å². The predicted octanol–water partition coefficient (Wildman–Crippen LogP) is 2.50. The highest BCUT2D eigenvalue weighted by Crippen LogP contribution is 2.11. The van der Waals surface area contributed by atoms with Gasteiger partial charge in [0.25, 0.3) is 5.91 Å². The van der Waals surface area contributed by atoms with E-state index in [1.807, 2.05) is 6.07 Å². The zero-order valence-electron chi connectivity index (χ0n) is 17.8. The maximum atomic E-state index is 12.6. The molecule has 4 rings (SSSR count). The molecule has 1 aliphatic rings. The summed E-state index contributed by atoms with van der Waals surface area (Å²) in [4.78, 5) is 30.4. The number of nitrogens with one attached hydrogen (secondary N) is 1. The van der Waals surface area contributed by atoms with Gasteiger partial charge in [-0.3, -0.25) is 14.6 Å². The van der Waals surface area contributed by atoms with Crippen molar-refractivity contribution in [3.8, 4) is 0 Å². The van der Waals surface area contributed by atoms with E-state index in [0.29, 0.717) is 24.7 Å². The number of rotatable bonds is 8. The van der Waals surface area contributed by atoms with Crippen LogP contribution in [0.15, 0.2) is 59.5 Å². The minimum Gasteiger partial charge on any atom is -0.447 e. The van der Waals surface area contributed by atoms with Crippen LogP contribution >= 0.6 is 0 Å². The molecular formula is C23H28N6O2. The van der Waals surface area contributed by atoms with Gasteiger partial charge in [0.05, 0.1) is 13.1 Å². The van der Waals surface area contributed by atoms with Crippen LogP contribution in [0, 0.1) is 0 Å². The molecule has 0 atom stereocenters. The molecule has 2 aromatic heterocycles. The topological polar surface area (TPSA) is 81.5 Å². The second-order valence-corrected chi connectivity index (χ2v) is 7.71. The second kappa shape index (κ2) is 10.2. The average molecular weight is 421 g/mol. The minimum atomic E-state index is -0.179. The molecule has 0 saturated carbocycles. The third-order valence-corrected chi connectivity index (χ3v) is 5.36. The van der Waals surface area contributed by atoms with Crippen molar-refractivity contribution in [3.63, 3.8) is 0 Å². The Labute approximate surface area is 182 Å². The second-order valence-electron chi connectivity index (χ2n) is 7.71. The number of carbonyl (C=O) groups excluding carboxylic acids is 1. The number of aromatic nitrogens is 3. The smallest absolute Gasteiger partial charge is 0.275 e. The lowest BCUT2D eigenvalue weighted by molar-refractivity contribution is 0.0776. The van der Waals surface area contributed by atoms with Crippen LogP contribution < -0.4 is 0 Å². The van der Waals surface area contributed by atoms with Gasteiger partial charge in [0.2, 0.25) is 5.89 Å². The average Bonchev–Trinajstić information content (AvgIpc) is 3.47. The summed E-state index contributed by atoms with van der Waals surface area (Å²) in [6.07, 6.45) is 9.24. The molecule has 3 aromatic rings. The normalized spacial score (nSPS) is 15.5. The van der Waals surface area contributed by atoms with Gasteiger partial charge in [0, 0.05) is 52.2 Å². The number of aromatic amines is 1. The molecule has 8 heteroatoms. The minimum absolute atomic E-state index is 0.179. The van der Waals surface area contributed by atoms with Gasteiger partial charge in [0.1, 0.15) is 12.1 Å². The maximum absolute atomic E-state index is 12.6. The lowest BCUT2D eigenvalue weighted by Crippen LogP contribution is -2.45. The summed E-state index contributed by atoms with van der Waals surface area (Å²) >= 11 is 0.